The van der Waals surface area contributed by atoms with Crippen LogP contribution >= 0.6 is 11.6 Å². The predicted molar refractivity (Wildman–Crippen MR) is 75.8 cm³/mol. The molecule has 5 heteroatoms. The van der Waals surface area contributed by atoms with Crippen LogP contribution in [-0.4, -0.2) is 44.0 Å². The van der Waals surface area contributed by atoms with E-state index >= 15 is 0 Å². The van der Waals surface area contributed by atoms with Crippen LogP contribution in [0.4, 0.5) is 0 Å². The zero-order chi connectivity index (χ0) is 13.5. The summed E-state index contributed by atoms with van der Waals surface area (Å²) in [5, 5.41) is 0. The molecule has 1 aliphatic heterocycles. The summed E-state index contributed by atoms with van der Waals surface area (Å²) < 4.78 is 10.6. The summed E-state index contributed by atoms with van der Waals surface area (Å²) in [6.07, 6.45) is 2.57. The van der Waals surface area contributed by atoms with Crippen LogP contribution in [0.2, 0.25) is 0 Å². The third-order valence-electron chi connectivity index (χ3n) is 2.79. The van der Waals surface area contributed by atoms with E-state index in [9.17, 15) is 0 Å². The fourth-order valence-corrected chi connectivity index (χ4v) is 2.00. The molecule has 0 unspecified atom stereocenters. The van der Waals surface area contributed by atoms with E-state index in [1.165, 1.54) is 0 Å². The Bertz CT molecular complexity index is 353. The van der Waals surface area contributed by atoms with Gasteiger partial charge in [0, 0.05) is 12.3 Å². The molecule has 4 nitrogen and oxygen atoms in total. The van der Waals surface area contributed by atoms with Crippen molar-refractivity contribution in [2.75, 3.05) is 20.1 Å². The van der Waals surface area contributed by atoms with Gasteiger partial charge in [0.15, 0.2) is 0 Å². The Morgan fingerprint density at radius 3 is 2.28 bits per heavy atom. The molecule has 0 aromatic carbocycles. The summed E-state index contributed by atoms with van der Waals surface area (Å²) in [7, 11) is 3.24. The van der Waals surface area contributed by atoms with E-state index in [4.69, 9.17) is 21.1 Å². The lowest BCUT2D eigenvalue weighted by molar-refractivity contribution is 0.343. The van der Waals surface area contributed by atoms with Crippen LogP contribution < -0.4 is 0 Å². The average Bonchev–Trinajstić information content (AvgIpc) is 2.39. The van der Waals surface area contributed by atoms with Gasteiger partial charge in [-0.3, -0.25) is 0 Å². The molecule has 0 aromatic rings. The normalized spacial score (nSPS) is 23.1. The van der Waals surface area contributed by atoms with Gasteiger partial charge in [0.2, 0.25) is 11.8 Å². The number of hydrogen-bond acceptors (Lipinski definition) is 4. The fraction of sp³-hybridized carbons (Fsp3) is 0.692. The van der Waals surface area contributed by atoms with E-state index in [1.54, 1.807) is 14.2 Å². The van der Waals surface area contributed by atoms with Gasteiger partial charge in [-0.1, -0.05) is 25.5 Å². The first-order chi connectivity index (χ1) is 8.65. The van der Waals surface area contributed by atoms with E-state index < -0.39 is 0 Å². The summed E-state index contributed by atoms with van der Waals surface area (Å²) in [5.74, 6) is 1.73. The Balaban J connectivity index is 2.87. The maximum absolute atomic E-state index is 5.75. The van der Waals surface area contributed by atoms with Gasteiger partial charge < -0.3 is 9.47 Å². The van der Waals surface area contributed by atoms with Crippen molar-refractivity contribution in [2.45, 2.75) is 38.3 Å². The number of ether oxygens (including phenoxy) is 2. The predicted octanol–water partition coefficient (Wildman–Crippen LogP) is 2.81. The highest BCUT2D eigenvalue weighted by atomic mass is 35.5. The van der Waals surface area contributed by atoms with E-state index in [0.717, 1.165) is 18.4 Å². The second kappa shape index (κ2) is 7.41. The molecule has 1 rings (SSSR count). The number of nitrogens with zero attached hydrogens (tertiary/aromatic N) is 2. The van der Waals surface area contributed by atoms with Gasteiger partial charge in [-0.05, 0) is 6.42 Å². The van der Waals surface area contributed by atoms with E-state index in [0.29, 0.717) is 24.1 Å². The lowest BCUT2D eigenvalue weighted by Crippen LogP contribution is -2.35. The number of methoxy groups -OCH3 is 2. The molecule has 18 heavy (non-hydrogen) atoms. The first kappa shape index (κ1) is 15.0. The minimum Gasteiger partial charge on any atom is -0.483 e. The quantitative estimate of drug-likeness (QED) is 0.571. The Morgan fingerprint density at radius 1 is 1.22 bits per heavy atom. The van der Waals surface area contributed by atoms with Gasteiger partial charge in [-0.15, -0.1) is 11.6 Å². The van der Waals surface area contributed by atoms with Gasteiger partial charge in [0.05, 0.1) is 14.2 Å². The first-order valence-electron chi connectivity index (χ1n) is 6.12. The van der Waals surface area contributed by atoms with Crippen molar-refractivity contribution >= 4 is 23.4 Å². The standard InChI is InChI=1S/C13H21ClN2O2/c1-5-6-10-12(17-3)16-11(7-9(2)8-14)13(15-10)18-4/h10-11H,2,5-8H2,1,3-4H3/t10-,11-/m0/s1. The van der Waals surface area contributed by atoms with E-state index in [2.05, 4.69) is 23.5 Å². The molecule has 1 heterocycles. The SMILES string of the molecule is C=C(CCl)C[C@@H]1N=C(OC)[C@H](CCC)N=C1OC. The van der Waals surface area contributed by atoms with E-state index in [1.807, 2.05) is 0 Å². The molecule has 0 aromatic heterocycles. The highest BCUT2D eigenvalue weighted by Gasteiger charge is 2.28. The highest BCUT2D eigenvalue weighted by molar-refractivity contribution is 6.19. The van der Waals surface area contributed by atoms with E-state index in [-0.39, 0.29) is 12.1 Å². The second-order valence-corrected chi connectivity index (χ2v) is 4.52. The van der Waals surface area contributed by atoms with Crippen LogP contribution in [0, 0.1) is 0 Å². The molecule has 0 bridgehead atoms. The van der Waals surface area contributed by atoms with Gasteiger partial charge in [0.25, 0.3) is 0 Å². The molecule has 0 fully saturated rings. The summed E-state index contributed by atoms with van der Waals surface area (Å²) in [4.78, 5) is 9.13. The molecule has 0 aliphatic carbocycles. The number of hydrogen-bond donors (Lipinski definition) is 0. The first-order valence-corrected chi connectivity index (χ1v) is 6.65. The van der Waals surface area contributed by atoms with Crippen LogP contribution in [0.3, 0.4) is 0 Å². The lowest BCUT2D eigenvalue weighted by Gasteiger charge is -2.25. The van der Waals surface area contributed by atoms with Crippen molar-refractivity contribution in [2.24, 2.45) is 9.98 Å². The molecule has 0 amide bonds. The van der Waals surface area contributed by atoms with Crippen molar-refractivity contribution in [3.05, 3.63) is 12.2 Å². The summed E-state index contributed by atoms with van der Waals surface area (Å²) >= 11 is 5.75. The van der Waals surface area contributed by atoms with Crippen molar-refractivity contribution in [1.82, 2.24) is 0 Å². The van der Waals surface area contributed by atoms with Gasteiger partial charge in [-0.25, -0.2) is 9.98 Å². The number of halogens is 1. The molecule has 0 radical (unpaired) electrons. The summed E-state index contributed by atoms with van der Waals surface area (Å²) in [5.41, 5.74) is 0.916. The number of rotatable bonds is 5. The smallest absolute Gasteiger partial charge is 0.209 e. The van der Waals surface area contributed by atoms with Crippen LogP contribution in [0.1, 0.15) is 26.2 Å². The minimum atomic E-state index is -0.163. The maximum atomic E-state index is 5.75. The molecule has 1 aliphatic rings. The fourth-order valence-electron chi connectivity index (χ4n) is 1.89. The van der Waals surface area contributed by atoms with Crippen LogP contribution in [0.25, 0.3) is 0 Å². The Hall–Kier alpha value is -1.03. The second-order valence-electron chi connectivity index (χ2n) is 4.25. The topological polar surface area (TPSA) is 43.2 Å². The summed E-state index contributed by atoms with van der Waals surface area (Å²) in [6.45, 7) is 6.00. The number of alkyl halides is 1. The Labute approximate surface area is 114 Å². The molecule has 0 N–H and O–H groups in total. The summed E-state index contributed by atoms with van der Waals surface area (Å²) in [6, 6.07) is -0.195. The Kier molecular flexibility index (Phi) is 6.19. The van der Waals surface area contributed by atoms with Gasteiger partial charge >= 0.3 is 0 Å². The minimum absolute atomic E-state index is 0.0320. The molecule has 0 saturated heterocycles. The zero-order valence-electron chi connectivity index (χ0n) is 11.3. The molecule has 102 valence electrons. The lowest BCUT2D eigenvalue weighted by atomic mass is 10.1. The molecular formula is C13H21ClN2O2. The zero-order valence-corrected chi connectivity index (χ0v) is 12.0. The van der Waals surface area contributed by atoms with Crippen molar-refractivity contribution in [3.8, 4) is 0 Å². The largest absolute Gasteiger partial charge is 0.483 e. The Morgan fingerprint density at radius 2 is 1.78 bits per heavy atom. The third kappa shape index (κ3) is 3.73. The molecule has 2 atom stereocenters. The van der Waals surface area contributed by atoms with Gasteiger partial charge in [-0.2, -0.15) is 0 Å². The molecule has 0 spiro atoms. The number of aliphatic imine (C=N–C) groups is 2. The van der Waals surface area contributed by atoms with Crippen molar-refractivity contribution in [3.63, 3.8) is 0 Å². The van der Waals surface area contributed by atoms with Crippen LogP contribution in [0.15, 0.2) is 22.1 Å². The van der Waals surface area contributed by atoms with Crippen LogP contribution in [-0.2, 0) is 9.47 Å². The van der Waals surface area contributed by atoms with Crippen molar-refractivity contribution in [1.29, 1.82) is 0 Å². The maximum Gasteiger partial charge on any atom is 0.209 e. The van der Waals surface area contributed by atoms with Crippen molar-refractivity contribution < 1.29 is 9.47 Å². The monoisotopic (exact) mass is 272 g/mol. The van der Waals surface area contributed by atoms with Crippen LogP contribution in [0.5, 0.6) is 0 Å². The molecular weight excluding hydrogens is 252 g/mol. The van der Waals surface area contributed by atoms with Gasteiger partial charge in [0.1, 0.15) is 12.1 Å². The molecule has 0 saturated carbocycles. The highest BCUT2D eigenvalue weighted by Crippen LogP contribution is 2.19. The third-order valence-corrected chi connectivity index (χ3v) is 3.17. The average molecular weight is 273 g/mol.